The standard InChI is InChI=1S/C16H18ClN3O2/c1-3-14-15(18-10-22-14)16(21)20-8-4-7-19(2)12-6-5-11(17)9-13(12)20/h5-6,9-10H,3-4,7-8H2,1-2H3. The molecule has 22 heavy (non-hydrogen) atoms. The number of benzene rings is 1. The molecule has 0 spiro atoms. The highest BCUT2D eigenvalue weighted by Gasteiger charge is 2.27. The Morgan fingerprint density at radius 2 is 2.18 bits per heavy atom. The maximum absolute atomic E-state index is 12.9. The van der Waals surface area contributed by atoms with Crippen LogP contribution >= 0.6 is 11.6 Å². The Morgan fingerprint density at radius 1 is 1.36 bits per heavy atom. The predicted molar refractivity (Wildman–Crippen MR) is 86.9 cm³/mol. The summed E-state index contributed by atoms with van der Waals surface area (Å²) in [4.78, 5) is 20.9. The van der Waals surface area contributed by atoms with Gasteiger partial charge in [0.2, 0.25) is 0 Å². The van der Waals surface area contributed by atoms with E-state index in [1.807, 2.05) is 32.2 Å². The molecule has 0 bridgehead atoms. The number of oxazole rings is 1. The first-order valence-corrected chi connectivity index (χ1v) is 7.74. The lowest BCUT2D eigenvalue weighted by Crippen LogP contribution is -2.32. The van der Waals surface area contributed by atoms with Gasteiger partial charge < -0.3 is 14.2 Å². The summed E-state index contributed by atoms with van der Waals surface area (Å²) in [7, 11) is 2.02. The van der Waals surface area contributed by atoms with E-state index in [0.29, 0.717) is 29.4 Å². The second kappa shape index (κ2) is 6.01. The molecule has 1 aromatic carbocycles. The Kier molecular flexibility index (Phi) is 4.07. The van der Waals surface area contributed by atoms with Gasteiger partial charge in [-0.3, -0.25) is 4.79 Å². The molecule has 2 aromatic rings. The molecule has 0 atom stereocenters. The molecule has 0 unspecified atom stereocenters. The molecule has 1 aromatic heterocycles. The molecule has 5 nitrogen and oxygen atoms in total. The molecular weight excluding hydrogens is 302 g/mol. The fourth-order valence-electron chi connectivity index (χ4n) is 2.78. The van der Waals surface area contributed by atoms with E-state index in [0.717, 1.165) is 24.3 Å². The van der Waals surface area contributed by atoms with Gasteiger partial charge in [0.15, 0.2) is 12.1 Å². The largest absolute Gasteiger partial charge is 0.448 e. The smallest absolute Gasteiger partial charge is 0.280 e. The van der Waals surface area contributed by atoms with E-state index in [-0.39, 0.29) is 5.91 Å². The van der Waals surface area contributed by atoms with E-state index in [1.54, 1.807) is 4.90 Å². The maximum atomic E-state index is 12.9. The van der Waals surface area contributed by atoms with E-state index >= 15 is 0 Å². The lowest BCUT2D eigenvalue weighted by Gasteiger charge is -2.24. The van der Waals surface area contributed by atoms with E-state index in [2.05, 4.69) is 9.88 Å². The fourth-order valence-corrected chi connectivity index (χ4v) is 2.94. The summed E-state index contributed by atoms with van der Waals surface area (Å²) in [6, 6.07) is 5.63. The molecule has 1 amide bonds. The lowest BCUT2D eigenvalue weighted by molar-refractivity contribution is 0.0981. The number of halogens is 1. The van der Waals surface area contributed by atoms with E-state index in [4.69, 9.17) is 16.0 Å². The quantitative estimate of drug-likeness (QED) is 0.851. The molecule has 6 heteroatoms. The van der Waals surface area contributed by atoms with E-state index in [1.165, 1.54) is 6.39 Å². The highest BCUT2D eigenvalue weighted by molar-refractivity contribution is 6.31. The Balaban J connectivity index is 2.05. The zero-order chi connectivity index (χ0) is 15.7. The predicted octanol–water partition coefficient (Wildman–Crippen LogP) is 3.38. The van der Waals surface area contributed by atoms with Crippen LogP contribution < -0.4 is 9.80 Å². The van der Waals surface area contributed by atoms with Gasteiger partial charge in [-0.1, -0.05) is 18.5 Å². The highest BCUT2D eigenvalue weighted by atomic mass is 35.5. The Morgan fingerprint density at radius 3 is 2.95 bits per heavy atom. The summed E-state index contributed by atoms with van der Waals surface area (Å²) in [5, 5.41) is 0.614. The number of carbonyl (C=O) groups is 1. The summed E-state index contributed by atoms with van der Waals surface area (Å²) in [6.45, 7) is 3.46. The average molecular weight is 320 g/mol. The van der Waals surface area contributed by atoms with Crippen molar-refractivity contribution < 1.29 is 9.21 Å². The fraction of sp³-hybridized carbons (Fsp3) is 0.375. The molecule has 3 rings (SSSR count). The van der Waals surface area contributed by atoms with Crippen LogP contribution in [0.4, 0.5) is 11.4 Å². The number of aromatic nitrogens is 1. The number of amides is 1. The van der Waals surface area contributed by atoms with Gasteiger partial charge in [-0.15, -0.1) is 0 Å². The van der Waals surface area contributed by atoms with E-state index < -0.39 is 0 Å². The Hall–Kier alpha value is -2.01. The van der Waals surface area contributed by atoms with Crippen molar-refractivity contribution in [2.24, 2.45) is 0 Å². The van der Waals surface area contributed by atoms with Crippen LogP contribution in [-0.2, 0) is 6.42 Å². The lowest BCUT2D eigenvalue weighted by atomic mass is 10.2. The molecular formula is C16H18ClN3O2. The van der Waals surface area contributed by atoms with E-state index in [9.17, 15) is 4.79 Å². The first-order chi connectivity index (χ1) is 10.6. The molecule has 0 saturated carbocycles. The number of nitrogens with zero attached hydrogens (tertiary/aromatic N) is 3. The van der Waals surface area contributed by atoms with Crippen LogP contribution in [0, 0.1) is 0 Å². The second-order valence-corrected chi connectivity index (χ2v) is 5.78. The van der Waals surface area contributed by atoms with Crippen molar-refractivity contribution in [2.75, 3.05) is 29.9 Å². The van der Waals surface area contributed by atoms with Crippen LogP contribution in [0.25, 0.3) is 0 Å². The molecule has 1 aliphatic rings. The molecule has 0 fully saturated rings. The van der Waals surface area contributed by atoms with Crippen molar-refractivity contribution in [3.8, 4) is 0 Å². The normalized spacial score (nSPS) is 14.7. The van der Waals surface area contributed by atoms with Crippen molar-refractivity contribution in [1.82, 2.24) is 4.98 Å². The number of fused-ring (bicyclic) bond motifs is 1. The third-order valence-electron chi connectivity index (χ3n) is 3.92. The number of hydrogen-bond donors (Lipinski definition) is 0. The zero-order valence-electron chi connectivity index (χ0n) is 12.7. The molecule has 2 heterocycles. The van der Waals surface area contributed by atoms with Crippen LogP contribution in [-0.4, -0.2) is 31.0 Å². The number of carbonyl (C=O) groups excluding carboxylic acids is 1. The van der Waals surface area contributed by atoms with Crippen LogP contribution in [0.15, 0.2) is 29.0 Å². The monoisotopic (exact) mass is 319 g/mol. The number of rotatable bonds is 2. The van der Waals surface area contributed by atoms with Crippen LogP contribution in [0.5, 0.6) is 0 Å². The second-order valence-electron chi connectivity index (χ2n) is 5.34. The molecule has 1 aliphatic heterocycles. The summed E-state index contributed by atoms with van der Waals surface area (Å²) in [5.41, 5.74) is 2.21. The first kappa shape index (κ1) is 14.9. The molecule has 0 N–H and O–H groups in total. The van der Waals surface area contributed by atoms with Crippen molar-refractivity contribution >= 4 is 28.9 Å². The highest BCUT2D eigenvalue weighted by Crippen LogP contribution is 2.35. The average Bonchev–Trinajstić information content (AvgIpc) is 2.93. The summed E-state index contributed by atoms with van der Waals surface area (Å²) < 4.78 is 5.29. The van der Waals surface area contributed by atoms with Crippen molar-refractivity contribution in [3.05, 3.63) is 41.1 Å². The number of anilines is 2. The summed E-state index contributed by atoms with van der Waals surface area (Å²) in [6.07, 6.45) is 2.85. The topological polar surface area (TPSA) is 49.6 Å². The minimum absolute atomic E-state index is 0.135. The van der Waals surface area contributed by atoms with Gasteiger partial charge >= 0.3 is 0 Å². The zero-order valence-corrected chi connectivity index (χ0v) is 13.4. The molecule has 0 radical (unpaired) electrons. The van der Waals surface area contributed by atoms with Crippen LogP contribution in [0.2, 0.25) is 5.02 Å². The minimum atomic E-state index is -0.135. The van der Waals surface area contributed by atoms with Crippen molar-refractivity contribution in [1.29, 1.82) is 0 Å². The van der Waals surface area contributed by atoms with Crippen LogP contribution in [0.1, 0.15) is 29.6 Å². The van der Waals surface area contributed by atoms with Crippen molar-refractivity contribution in [3.63, 3.8) is 0 Å². The molecule has 0 aliphatic carbocycles. The SMILES string of the molecule is CCc1ocnc1C(=O)N1CCCN(C)c2ccc(Cl)cc21. The van der Waals surface area contributed by atoms with Gasteiger partial charge in [0.05, 0.1) is 11.4 Å². The van der Waals surface area contributed by atoms with Gasteiger partial charge in [0.1, 0.15) is 5.76 Å². The van der Waals surface area contributed by atoms with Gasteiger partial charge in [-0.05, 0) is 24.6 Å². The summed E-state index contributed by atoms with van der Waals surface area (Å²) >= 11 is 6.14. The summed E-state index contributed by atoms with van der Waals surface area (Å²) in [5.74, 6) is 0.482. The third kappa shape index (κ3) is 2.57. The van der Waals surface area contributed by atoms with Gasteiger partial charge in [-0.25, -0.2) is 4.98 Å². The van der Waals surface area contributed by atoms with Gasteiger partial charge in [-0.2, -0.15) is 0 Å². The van der Waals surface area contributed by atoms with Gasteiger partial charge in [0.25, 0.3) is 5.91 Å². The minimum Gasteiger partial charge on any atom is -0.448 e. The molecule has 0 saturated heterocycles. The number of aryl methyl sites for hydroxylation is 1. The number of hydrogen-bond acceptors (Lipinski definition) is 4. The molecule has 116 valence electrons. The van der Waals surface area contributed by atoms with Crippen molar-refractivity contribution in [2.45, 2.75) is 19.8 Å². The Bertz CT molecular complexity index is 698. The van der Waals surface area contributed by atoms with Gasteiger partial charge in [0, 0.05) is 31.6 Å². The Labute approximate surface area is 134 Å². The third-order valence-corrected chi connectivity index (χ3v) is 4.16. The first-order valence-electron chi connectivity index (χ1n) is 7.36. The van der Waals surface area contributed by atoms with Crippen LogP contribution in [0.3, 0.4) is 0 Å². The maximum Gasteiger partial charge on any atom is 0.280 e.